The van der Waals surface area contributed by atoms with Gasteiger partial charge in [-0.15, -0.1) is 0 Å². The number of thioether (sulfide) groups is 1. The number of methoxy groups -OCH3 is 1. The third kappa shape index (κ3) is 6.34. The maximum Gasteiger partial charge on any atom is 0.326 e. The van der Waals surface area contributed by atoms with E-state index >= 15 is 0 Å². The van der Waals surface area contributed by atoms with Crippen molar-refractivity contribution in [3.63, 3.8) is 0 Å². The lowest BCUT2D eigenvalue weighted by molar-refractivity contribution is -0.147. The quantitative estimate of drug-likeness (QED) is 0.299. The Labute approximate surface area is 197 Å². The second-order valence-electron chi connectivity index (χ2n) is 7.53. The van der Waals surface area contributed by atoms with E-state index in [9.17, 15) is 9.59 Å². The van der Waals surface area contributed by atoms with Crippen LogP contribution in [0.1, 0.15) is 25.0 Å². The second kappa shape index (κ2) is 11.2. The fourth-order valence-corrected chi connectivity index (χ4v) is 4.11. The molecule has 0 aliphatic carbocycles. The summed E-state index contributed by atoms with van der Waals surface area (Å²) in [6.07, 6.45) is 1.72. The molecule has 2 aromatic carbocycles. The van der Waals surface area contributed by atoms with Crippen LogP contribution < -0.4 is 9.47 Å². The predicted octanol–water partition coefficient (Wildman–Crippen LogP) is 4.67. The van der Waals surface area contributed by atoms with Crippen molar-refractivity contribution in [2.45, 2.75) is 20.5 Å². The number of rotatable bonds is 9. The number of nitrogens with zero attached hydrogens (tertiary/aromatic N) is 1. The zero-order chi connectivity index (χ0) is 23.1. The van der Waals surface area contributed by atoms with E-state index in [-0.39, 0.29) is 18.4 Å². The van der Waals surface area contributed by atoms with Gasteiger partial charge in [0.2, 0.25) is 0 Å². The third-order valence-corrected chi connectivity index (χ3v) is 5.84. The van der Waals surface area contributed by atoms with Crippen LogP contribution in [0, 0.1) is 5.92 Å². The first-order chi connectivity index (χ1) is 15.4. The van der Waals surface area contributed by atoms with Crippen LogP contribution in [0.2, 0.25) is 0 Å². The van der Waals surface area contributed by atoms with Crippen LogP contribution in [-0.4, -0.2) is 41.4 Å². The molecule has 6 nitrogen and oxygen atoms in total. The highest BCUT2D eigenvalue weighted by molar-refractivity contribution is 8.26. The topological polar surface area (TPSA) is 65.1 Å². The molecule has 1 saturated heterocycles. The van der Waals surface area contributed by atoms with E-state index in [0.29, 0.717) is 33.9 Å². The number of amides is 1. The molecule has 0 atom stereocenters. The number of ether oxygens (including phenoxy) is 3. The predicted molar refractivity (Wildman–Crippen MR) is 129 cm³/mol. The van der Waals surface area contributed by atoms with Gasteiger partial charge < -0.3 is 14.2 Å². The van der Waals surface area contributed by atoms with Crippen LogP contribution in [0.15, 0.2) is 53.4 Å². The fraction of sp³-hybridized carbons (Fsp3) is 0.292. The first-order valence-corrected chi connectivity index (χ1v) is 11.4. The Balaban J connectivity index is 1.68. The number of esters is 1. The molecule has 1 fully saturated rings. The van der Waals surface area contributed by atoms with Crippen molar-refractivity contribution in [2.24, 2.45) is 5.92 Å². The number of carbonyl (C=O) groups is 2. The highest BCUT2D eigenvalue weighted by atomic mass is 32.2. The summed E-state index contributed by atoms with van der Waals surface area (Å²) in [5.41, 5.74) is 1.81. The molecule has 1 aliphatic rings. The Hall–Kier alpha value is -2.84. The minimum absolute atomic E-state index is 0.190. The van der Waals surface area contributed by atoms with Crippen LogP contribution in [0.4, 0.5) is 0 Å². The van der Waals surface area contributed by atoms with Crippen molar-refractivity contribution < 1.29 is 23.8 Å². The molecule has 3 rings (SSSR count). The summed E-state index contributed by atoms with van der Waals surface area (Å²) < 4.78 is 16.8. The molecule has 0 saturated carbocycles. The SMILES string of the molecule is COc1cc(/C=C2\SC(=S)N(CC(=O)OCC(C)C)C2=O)ccc1OCc1ccccc1. The average molecular weight is 472 g/mol. The van der Waals surface area contributed by atoms with Gasteiger partial charge in [-0.05, 0) is 35.3 Å². The maximum absolute atomic E-state index is 12.8. The average Bonchev–Trinajstić information content (AvgIpc) is 3.04. The molecule has 0 N–H and O–H groups in total. The summed E-state index contributed by atoms with van der Waals surface area (Å²) >= 11 is 6.45. The normalized spacial score (nSPS) is 14.9. The lowest BCUT2D eigenvalue weighted by Crippen LogP contribution is -2.34. The van der Waals surface area contributed by atoms with E-state index in [1.54, 1.807) is 25.3 Å². The number of benzene rings is 2. The summed E-state index contributed by atoms with van der Waals surface area (Å²) in [4.78, 5) is 26.5. The van der Waals surface area contributed by atoms with E-state index in [1.165, 1.54) is 4.90 Å². The van der Waals surface area contributed by atoms with Crippen molar-refractivity contribution in [2.75, 3.05) is 20.3 Å². The molecule has 1 amide bonds. The summed E-state index contributed by atoms with van der Waals surface area (Å²) in [6.45, 7) is 4.43. The summed E-state index contributed by atoms with van der Waals surface area (Å²) in [5.74, 6) is 0.596. The van der Waals surface area contributed by atoms with E-state index in [0.717, 1.165) is 22.9 Å². The van der Waals surface area contributed by atoms with Crippen LogP contribution in [0.5, 0.6) is 11.5 Å². The van der Waals surface area contributed by atoms with Gasteiger partial charge in [0.25, 0.3) is 5.91 Å². The largest absolute Gasteiger partial charge is 0.493 e. The van der Waals surface area contributed by atoms with Crippen molar-refractivity contribution in [3.8, 4) is 11.5 Å². The first-order valence-electron chi connectivity index (χ1n) is 10.1. The molecule has 0 bridgehead atoms. The zero-order valence-electron chi connectivity index (χ0n) is 18.2. The molecular formula is C24H25NO5S2. The van der Waals surface area contributed by atoms with Gasteiger partial charge in [0.15, 0.2) is 11.5 Å². The van der Waals surface area contributed by atoms with Crippen LogP contribution in [0.3, 0.4) is 0 Å². The number of carbonyl (C=O) groups excluding carboxylic acids is 2. The van der Waals surface area contributed by atoms with E-state index < -0.39 is 5.97 Å². The Bertz CT molecular complexity index is 1020. The van der Waals surface area contributed by atoms with Gasteiger partial charge >= 0.3 is 5.97 Å². The second-order valence-corrected chi connectivity index (χ2v) is 9.21. The fourth-order valence-electron chi connectivity index (χ4n) is 2.85. The number of thiocarbonyl (C=S) groups is 1. The third-order valence-electron chi connectivity index (χ3n) is 4.46. The molecule has 0 radical (unpaired) electrons. The molecule has 168 valence electrons. The van der Waals surface area contributed by atoms with E-state index in [4.69, 9.17) is 26.4 Å². The maximum atomic E-state index is 12.8. The lowest BCUT2D eigenvalue weighted by Gasteiger charge is -2.14. The van der Waals surface area contributed by atoms with E-state index in [1.807, 2.05) is 50.2 Å². The molecule has 32 heavy (non-hydrogen) atoms. The van der Waals surface area contributed by atoms with Gasteiger partial charge in [-0.25, -0.2) is 0 Å². The molecule has 8 heteroatoms. The lowest BCUT2D eigenvalue weighted by atomic mass is 10.1. The molecule has 0 unspecified atom stereocenters. The van der Waals surface area contributed by atoms with Crippen LogP contribution in [0.25, 0.3) is 6.08 Å². The minimum atomic E-state index is -0.474. The summed E-state index contributed by atoms with van der Waals surface area (Å²) in [5, 5.41) is 0. The Morgan fingerprint density at radius 2 is 1.91 bits per heavy atom. The van der Waals surface area contributed by atoms with Crippen molar-refractivity contribution in [3.05, 3.63) is 64.6 Å². The van der Waals surface area contributed by atoms with Crippen LogP contribution in [-0.2, 0) is 20.9 Å². The summed E-state index contributed by atoms with van der Waals surface area (Å²) in [6, 6.07) is 15.3. The minimum Gasteiger partial charge on any atom is -0.493 e. The standard InChI is InChI=1S/C24H25NO5S2/c1-16(2)14-30-22(26)13-25-23(27)21(32-24(25)31)12-18-9-10-19(20(11-18)28-3)29-15-17-7-5-4-6-8-17/h4-12,16H,13-15H2,1-3H3/b21-12-. The number of hydrogen-bond acceptors (Lipinski definition) is 7. The Morgan fingerprint density at radius 3 is 2.59 bits per heavy atom. The van der Waals surface area contributed by atoms with Crippen molar-refractivity contribution in [1.29, 1.82) is 0 Å². The molecule has 0 spiro atoms. The zero-order valence-corrected chi connectivity index (χ0v) is 19.8. The van der Waals surface area contributed by atoms with Gasteiger partial charge in [0.1, 0.15) is 17.5 Å². The van der Waals surface area contributed by atoms with Gasteiger partial charge in [-0.1, -0.05) is 74.2 Å². The highest BCUT2D eigenvalue weighted by Gasteiger charge is 2.33. The molecule has 1 heterocycles. The smallest absolute Gasteiger partial charge is 0.326 e. The van der Waals surface area contributed by atoms with Crippen LogP contribution >= 0.6 is 24.0 Å². The summed E-state index contributed by atoms with van der Waals surface area (Å²) in [7, 11) is 1.57. The first kappa shape index (κ1) is 23.8. The van der Waals surface area contributed by atoms with Gasteiger partial charge in [0, 0.05) is 0 Å². The monoisotopic (exact) mass is 471 g/mol. The Kier molecular flexibility index (Phi) is 8.30. The van der Waals surface area contributed by atoms with E-state index in [2.05, 4.69) is 0 Å². The number of hydrogen-bond donors (Lipinski definition) is 0. The molecule has 0 aromatic heterocycles. The Morgan fingerprint density at radius 1 is 1.16 bits per heavy atom. The van der Waals surface area contributed by atoms with Gasteiger partial charge in [-0.3, -0.25) is 14.5 Å². The molecule has 1 aliphatic heterocycles. The van der Waals surface area contributed by atoms with Crippen molar-refractivity contribution >= 4 is 46.3 Å². The molecule has 2 aromatic rings. The molecular weight excluding hydrogens is 446 g/mol. The van der Waals surface area contributed by atoms with Gasteiger partial charge in [0.05, 0.1) is 18.6 Å². The van der Waals surface area contributed by atoms with Crippen molar-refractivity contribution in [1.82, 2.24) is 4.90 Å². The van der Waals surface area contributed by atoms with Gasteiger partial charge in [-0.2, -0.15) is 0 Å². The highest BCUT2D eigenvalue weighted by Crippen LogP contribution is 2.35.